The summed E-state index contributed by atoms with van der Waals surface area (Å²) in [6.07, 6.45) is 5.08. The van der Waals surface area contributed by atoms with Gasteiger partial charge in [0, 0.05) is 16.5 Å². The Morgan fingerprint density at radius 2 is 2.12 bits per heavy atom. The van der Waals surface area contributed by atoms with Gasteiger partial charge in [0.2, 0.25) is 0 Å². The van der Waals surface area contributed by atoms with Gasteiger partial charge in [0.25, 0.3) is 5.91 Å². The third-order valence-electron chi connectivity index (χ3n) is 5.73. The SMILES string of the molecule is C[C@H](NC(=O)c1cc2cc(Cl)ccc2oc1=O)[C@H]1C[C@@H]2CC[C@@H]1C2. The lowest BCUT2D eigenvalue weighted by Gasteiger charge is -2.28. The van der Waals surface area contributed by atoms with Crippen LogP contribution in [0.3, 0.4) is 0 Å². The highest BCUT2D eigenvalue weighted by atomic mass is 35.5. The second-order valence-corrected chi connectivity index (χ2v) is 7.67. The first kappa shape index (κ1) is 15.7. The second-order valence-electron chi connectivity index (χ2n) is 7.23. The molecule has 4 nitrogen and oxygen atoms in total. The van der Waals surface area contributed by atoms with Crippen LogP contribution >= 0.6 is 11.6 Å². The molecular weight excluding hydrogens is 326 g/mol. The van der Waals surface area contributed by atoms with Crippen molar-refractivity contribution in [3.05, 3.63) is 45.3 Å². The first-order valence-electron chi connectivity index (χ1n) is 8.55. The van der Waals surface area contributed by atoms with Gasteiger partial charge in [-0.1, -0.05) is 18.0 Å². The van der Waals surface area contributed by atoms with Crippen LogP contribution in [0.1, 0.15) is 43.0 Å². The van der Waals surface area contributed by atoms with Crippen molar-refractivity contribution in [1.29, 1.82) is 0 Å². The molecule has 5 heteroatoms. The smallest absolute Gasteiger partial charge is 0.349 e. The molecule has 2 bridgehead atoms. The average molecular weight is 346 g/mol. The van der Waals surface area contributed by atoms with Gasteiger partial charge in [-0.05, 0) is 68.2 Å². The number of hydrogen-bond donors (Lipinski definition) is 1. The van der Waals surface area contributed by atoms with Crippen molar-refractivity contribution in [2.24, 2.45) is 17.8 Å². The van der Waals surface area contributed by atoms with E-state index in [4.69, 9.17) is 16.0 Å². The van der Waals surface area contributed by atoms with Gasteiger partial charge in [-0.15, -0.1) is 0 Å². The molecule has 1 N–H and O–H groups in total. The summed E-state index contributed by atoms with van der Waals surface area (Å²) in [4.78, 5) is 24.7. The predicted octanol–water partition coefficient (Wildman–Crippen LogP) is 4.00. The summed E-state index contributed by atoms with van der Waals surface area (Å²) in [7, 11) is 0. The zero-order valence-electron chi connectivity index (χ0n) is 13.5. The molecule has 0 spiro atoms. The lowest BCUT2D eigenvalue weighted by Crippen LogP contribution is -2.41. The molecule has 0 aliphatic heterocycles. The Labute approximate surface area is 145 Å². The summed E-state index contributed by atoms with van der Waals surface area (Å²) < 4.78 is 5.25. The van der Waals surface area contributed by atoms with Crippen molar-refractivity contribution >= 4 is 28.5 Å². The van der Waals surface area contributed by atoms with Crippen LogP contribution in [0.15, 0.2) is 33.5 Å². The summed E-state index contributed by atoms with van der Waals surface area (Å²) in [5.74, 6) is 1.71. The standard InChI is InChI=1S/C19H20ClNO3/c1-10(15-7-11-2-3-12(15)6-11)21-18(22)16-9-13-8-14(20)4-5-17(13)24-19(16)23/h4-5,8-12,15H,2-3,6-7H2,1H3,(H,21,22)/t10-,11+,12+,15+/m0/s1. The van der Waals surface area contributed by atoms with Crippen LogP contribution in [0.4, 0.5) is 0 Å². The molecule has 2 aliphatic carbocycles. The van der Waals surface area contributed by atoms with Crippen LogP contribution < -0.4 is 10.9 Å². The monoisotopic (exact) mass is 345 g/mol. The van der Waals surface area contributed by atoms with E-state index < -0.39 is 5.63 Å². The molecule has 1 heterocycles. The Hall–Kier alpha value is -1.81. The number of benzene rings is 1. The molecule has 2 aliphatic rings. The van der Waals surface area contributed by atoms with Crippen molar-refractivity contribution in [2.75, 3.05) is 0 Å². The first-order chi connectivity index (χ1) is 11.5. The van der Waals surface area contributed by atoms with E-state index in [0.717, 1.165) is 11.8 Å². The highest BCUT2D eigenvalue weighted by molar-refractivity contribution is 6.31. The van der Waals surface area contributed by atoms with Gasteiger partial charge in [0.05, 0.1) is 0 Å². The van der Waals surface area contributed by atoms with Crippen molar-refractivity contribution in [2.45, 2.75) is 38.6 Å². The van der Waals surface area contributed by atoms with Gasteiger partial charge >= 0.3 is 5.63 Å². The Morgan fingerprint density at radius 3 is 2.83 bits per heavy atom. The van der Waals surface area contributed by atoms with Gasteiger partial charge in [-0.25, -0.2) is 4.79 Å². The summed E-state index contributed by atoms with van der Waals surface area (Å²) >= 11 is 5.98. The van der Waals surface area contributed by atoms with E-state index in [9.17, 15) is 9.59 Å². The number of halogens is 1. The van der Waals surface area contributed by atoms with Crippen molar-refractivity contribution in [1.82, 2.24) is 5.32 Å². The van der Waals surface area contributed by atoms with E-state index in [1.165, 1.54) is 25.7 Å². The maximum atomic E-state index is 12.6. The van der Waals surface area contributed by atoms with E-state index in [1.54, 1.807) is 24.3 Å². The number of carbonyl (C=O) groups is 1. The van der Waals surface area contributed by atoms with Crippen molar-refractivity contribution in [3.63, 3.8) is 0 Å². The number of amides is 1. The molecule has 0 unspecified atom stereocenters. The van der Waals surface area contributed by atoms with Crippen LogP contribution in [-0.2, 0) is 0 Å². The fourth-order valence-electron chi connectivity index (χ4n) is 4.55. The highest BCUT2D eigenvalue weighted by Crippen LogP contribution is 2.49. The van der Waals surface area contributed by atoms with Crippen LogP contribution in [0, 0.1) is 17.8 Å². The third-order valence-corrected chi connectivity index (χ3v) is 5.97. The largest absolute Gasteiger partial charge is 0.422 e. The zero-order chi connectivity index (χ0) is 16.8. The number of carbonyl (C=O) groups excluding carboxylic acids is 1. The topological polar surface area (TPSA) is 59.3 Å². The Bertz CT molecular complexity index is 859. The first-order valence-corrected chi connectivity index (χ1v) is 8.93. The maximum Gasteiger partial charge on any atom is 0.349 e. The third kappa shape index (κ3) is 2.73. The average Bonchev–Trinajstić information content (AvgIpc) is 3.17. The maximum absolute atomic E-state index is 12.6. The van der Waals surface area contributed by atoms with E-state index in [1.807, 2.05) is 6.92 Å². The summed E-state index contributed by atoms with van der Waals surface area (Å²) in [5, 5.41) is 4.20. The van der Waals surface area contributed by atoms with Crippen LogP contribution in [0.5, 0.6) is 0 Å². The number of rotatable bonds is 3. The Kier molecular flexibility index (Phi) is 3.87. The molecular formula is C19H20ClNO3. The molecule has 24 heavy (non-hydrogen) atoms. The van der Waals surface area contributed by atoms with E-state index >= 15 is 0 Å². The Morgan fingerprint density at radius 1 is 1.29 bits per heavy atom. The molecule has 4 atom stereocenters. The normalized spacial score (nSPS) is 26.7. The summed E-state index contributed by atoms with van der Waals surface area (Å²) in [5.41, 5.74) is -0.135. The molecule has 1 aromatic heterocycles. The summed E-state index contributed by atoms with van der Waals surface area (Å²) in [6, 6.07) is 6.62. The van der Waals surface area contributed by atoms with Gasteiger partial charge in [0.15, 0.2) is 0 Å². The fourth-order valence-corrected chi connectivity index (χ4v) is 4.73. The number of nitrogens with one attached hydrogen (secondary N) is 1. The van der Waals surface area contributed by atoms with Crippen molar-refractivity contribution in [3.8, 4) is 0 Å². The molecule has 0 saturated heterocycles. The molecule has 2 fully saturated rings. The Balaban J connectivity index is 1.56. The predicted molar refractivity (Wildman–Crippen MR) is 93.4 cm³/mol. The molecule has 126 valence electrons. The van der Waals surface area contributed by atoms with E-state index in [2.05, 4.69) is 5.32 Å². The van der Waals surface area contributed by atoms with Crippen LogP contribution in [-0.4, -0.2) is 11.9 Å². The minimum absolute atomic E-state index is 0.0415. The summed E-state index contributed by atoms with van der Waals surface area (Å²) in [6.45, 7) is 2.04. The fraction of sp³-hybridized carbons (Fsp3) is 0.474. The quantitative estimate of drug-likeness (QED) is 0.855. The van der Waals surface area contributed by atoms with Crippen LogP contribution in [0.25, 0.3) is 11.0 Å². The zero-order valence-corrected chi connectivity index (χ0v) is 14.3. The van der Waals surface area contributed by atoms with Gasteiger partial charge in [-0.2, -0.15) is 0 Å². The van der Waals surface area contributed by atoms with E-state index in [0.29, 0.717) is 21.9 Å². The van der Waals surface area contributed by atoms with E-state index in [-0.39, 0.29) is 17.5 Å². The van der Waals surface area contributed by atoms with Crippen molar-refractivity contribution < 1.29 is 9.21 Å². The minimum atomic E-state index is -0.609. The second kappa shape index (κ2) is 5.92. The lowest BCUT2D eigenvalue weighted by atomic mass is 9.84. The van der Waals surface area contributed by atoms with Gasteiger partial charge in [-0.3, -0.25) is 4.79 Å². The number of hydrogen-bond acceptors (Lipinski definition) is 3. The molecule has 4 rings (SSSR count). The highest BCUT2D eigenvalue weighted by Gasteiger charge is 2.42. The van der Waals surface area contributed by atoms with Gasteiger partial charge < -0.3 is 9.73 Å². The lowest BCUT2D eigenvalue weighted by molar-refractivity contribution is 0.0911. The molecule has 1 aromatic carbocycles. The molecule has 1 amide bonds. The molecule has 2 aromatic rings. The number of fused-ring (bicyclic) bond motifs is 3. The van der Waals surface area contributed by atoms with Crippen LogP contribution in [0.2, 0.25) is 5.02 Å². The molecule has 0 radical (unpaired) electrons. The minimum Gasteiger partial charge on any atom is -0.422 e. The molecule has 2 saturated carbocycles. The van der Waals surface area contributed by atoms with Gasteiger partial charge in [0.1, 0.15) is 11.1 Å².